The molecule has 5 rings (SSSR count). The van der Waals surface area contributed by atoms with Gasteiger partial charge in [-0.3, -0.25) is 14.4 Å². The van der Waals surface area contributed by atoms with Crippen molar-refractivity contribution in [3.05, 3.63) is 95.3 Å². The van der Waals surface area contributed by atoms with Crippen LogP contribution in [0.4, 0.5) is 4.39 Å². The van der Waals surface area contributed by atoms with Gasteiger partial charge in [-0.2, -0.15) is 0 Å². The Morgan fingerprint density at radius 1 is 1.06 bits per heavy atom. The second-order valence-corrected chi connectivity index (χ2v) is 8.99. The highest BCUT2D eigenvalue weighted by Gasteiger charge is 2.48. The first-order valence-electron chi connectivity index (χ1n) is 11.8. The van der Waals surface area contributed by atoms with E-state index in [0.717, 1.165) is 0 Å². The van der Waals surface area contributed by atoms with Crippen molar-refractivity contribution in [3.8, 4) is 11.5 Å². The number of ketones is 1. The van der Waals surface area contributed by atoms with Gasteiger partial charge in [0.1, 0.15) is 30.0 Å². The molecule has 36 heavy (non-hydrogen) atoms. The number of hydrogen-bond acceptors (Lipinski definition) is 5. The van der Waals surface area contributed by atoms with E-state index in [4.69, 9.17) is 15.2 Å². The zero-order valence-electron chi connectivity index (χ0n) is 19.4. The lowest BCUT2D eigenvalue weighted by Gasteiger charge is -2.28. The number of fused-ring (bicyclic) bond motifs is 1. The molecular weight excluding hydrogens is 463 g/mol. The molecule has 3 aromatic rings. The Morgan fingerprint density at radius 3 is 2.53 bits per heavy atom. The minimum atomic E-state index is -0.857. The molecule has 3 aromatic carbocycles. The molecule has 2 aliphatic heterocycles. The predicted molar refractivity (Wildman–Crippen MR) is 129 cm³/mol. The van der Waals surface area contributed by atoms with Gasteiger partial charge < -0.3 is 20.1 Å². The van der Waals surface area contributed by atoms with Gasteiger partial charge in [-0.1, -0.05) is 30.3 Å². The molecule has 0 bridgehead atoms. The summed E-state index contributed by atoms with van der Waals surface area (Å²) in [5.41, 5.74) is 6.97. The maximum atomic E-state index is 14.0. The lowest BCUT2D eigenvalue weighted by atomic mass is 9.86. The van der Waals surface area contributed by atoms with Crippen molar-refractivity contribution in [1.29, 1.82) is 0 Å². The van der Waals surface area contributed by atoms with Crippen LogP contribution in [0, 0.1) is 5.82 Å². The largest absolute Gasteiger partial charge is 0.457 e. The third-order valence-electron chi connectivity index (χ3n) is 6.69. The van der Waals surface area contributed by atoms with Crippen molar-refractivity contribution in [2.75, 3.05) is 13.2 Å². The number of primary amides is 1. The van der Waals surface area contributed by atoms with E-state index in [9.17, 15) is 18.8 Å². The van der Waals surface area contributed by atoms with Crippen molar-refractivity contribution in [2.45, 2.75) is 30.9 Å². The number of para-hydroxylation sites is 1. The van der Waals surface area contributed by atoms with Gasteiger partial charge in [-0.15, -0.1) is 0 Å². The van der Waals surface area contributed by atoms with Crippen LogP contribution in [0.15, 0.2) is 72.8 Å². The molecule has 2 amide bonds. The summed E-state index contributed by atoms with van der Waals surface area (Å²) in [6.07, 6.45) is 0.416. The van der Waals surface area contributed by atoms with E-state index in [0.29, 0.717) is 35.6 Å². The van der Waals surface area contributed by atoms with E-state index in [1.54, 1.807) is 41.3 Å². The molecule has 0 spiro atoms. The number of likely N-dealkylation sites (tertiary alicyclic amines) is 1. The fourth-order valence-corrected chi connectivity index (χ4v) is 4.97. The number of hydrogen-bond donors (Lipinski definition) is 1. The Kier molecular flexibility index (Phi) is 6.52. The summed E-state index contributed by atoms with van der Waals surface area (Å²) >= 11 is 0. The zero-order valence-corrected chi connectivity index (χ0v) is 19.4. The molecule has 2 heterocycles. The van der Waals surface area contributed by atoms with Gasteiger partial charge in [0.15, 0.2) is 5.78 Å². The molecule has 184 valence electrons. The molecule has 0 saturated carbocycles. The SMILES string of the molecule is NC(=O)c1ccc(Oc2ccccc2)cc1C(Cc1ccc(F)cc1)C(=O)N1CCC2OCC(=O)C21. The summed E-state index contributed by atoms with van der Waals surface area (Å²) < 4.78 is 25.1. The molecule has 0 aromatic heterocycles. The summed E-state index contributed by atoms with van der Waals surface area (Å²) in [5.74, 6) is -1.37. The molecule has 2 fully saturated rings. The molecule has 2 saturated heterocycles. The second kappa shape index (κ2) is 9.91. The van der Waals surface area contributed by atoms with Gasteiger partial charge >= 0.3 is 0 Å². The molecule has 8 heteroatoms. The topological polar surface area (TPSA) is 98.9 Å². The number of nitrogens with two attached hydrogens (primary N) is 1. The van der Waals surface area contributed by atoms with Crippen LogP contribution in [0.3, 0.4) is 0 Å². The van der Waals surface area contributed by atoms with Crippen molar-refractivity contribution >= 4 is 17.6 Å². The van der Waals surface area contributed by atoms with Crippen LogP contribution in [0.2, 0.25) is 0 Å². The Labute approximate surface area is 207 Å². The zero-order chi connectivity index (χ0) is 25.2. The fraction of sp³-hybridized carbons (Fsp3) is 0.250. The number of amides is 2. The Bertz CT molecular complexity index is 1300. The number of nitrogens with zero attached hydrogens (tertiary/aromatic N) is 1. The van der Waals surface area contributed by atoms with Gasteiger partial charge in [-0.05, 0) is 66.4 Å². The quantitative estimate of drug-likeness (QED) is 0.548. The number of ether oxygens (including phenoxy) is 2. The molecular formula is C28H25FN2O5. The summed E-state index contributed by atoms with van der Waals surface area (Å²) in [4.78, 5) is 40.5. The highest BCUT2D eigenvalue weighted by Crippen LogP contribution is 2.35. The predicted octanol–water partition coefficient (Wildman–Crippen LogP) is 3.61. The Morgan fingerprint density at radius 2 is 1.81 bits per heavy atom. The van der Waals surface area contributed by atoms with E-state index < -0.39 is 23.7 Å². The third-order valence-corrected chi connectivity index (χ3v) is 6.69. The smallest absolute Gasteiger partial charge is 0.249 e. The number of rotatable bonds is 7. The monoisotopic (exact) mass is 488 g/mol. The normalized spacial score (nSPS) is 19.7. The van der Waals surface area contributed by atoms with Crippen molar-refractivity contribution in [1.82, 2.24) is 4.90 Å². The highest BCUT2D eigenvalue weighted by atomic mass is 19.1. The van der Waals surface area contributed by atoms with Crippen LogP contribution in [-0.2, 0) is 20.7 Å². The van der Waals surface area contributed by atoms with Crippen LogP contribution in [-0.4, -0.2) is 47.8 Å². The standard InChI is InChI=1S/C28H25FN2O5/c29-18-8-6-17(7-9-18)14-23(28(34)31-13-12-25-26(31)24(32)16-35-25)22-15-20(10-11-21(22)27(30)33)36-19-4-2-1-3-5-19/h1-11,15,23,25-26H,12-14,16H2,(H2,30,33). The van der Waals surface area contributed by atoms with Gasteiger partial charge in [0, 0.05) is 12.1 Å². The van der Waals surface area contributed by atoms with Gasteiger partial charge in [-0.25, -0.2) is 4.39 Å². The maximum Gasteiger partial charge on any atom is 0.249 e. The average Bonchev–Trinajstić information content (AvgIpc) is 3.47. The highest BCUT2D eigenvalue weighted by molar-refractivity contribution is 5.99. The minimum absolute atomic E-state index is 0.0192. The lowest BCUT2D eigenvalue weighted by Crippen LogP contribution is -2.44. The number of benzene rings is 3. The van der Waals surface area contributed by atoms with Crippen LogP contribution in [0.1, 0.15) is 33.8 Å². The van der Waals surface area contributed by atoms with Gasteiger partial charge in [0.25, 0.3) is 0 Å². The summed E-state index contributed by atoms with van der Waals surface area (Å²) in [5, 5.41) is 0. The van der Waals surface area contributed by atoms with Crippen molar-refractivity contribution in [2.24, 2.45) is 5.73 Å². The number of carbonyl (C=O) groups excluding carboxylic acids is 3. The first-order chi connectivity index (χ1) is 17.4. The van der Waals surface area contributed by atoms with Crippen LogP contribution in [0.25, 0.3) is 0 Å². The summed E-state index contributed by atoms with van der Waals surface area (Å²) in [6.45, 7) is 0.348. The lowest BCUT2D eigenvalue weighted by molar-refractivity contribution is -0.137. The first kappa shape index (κ1) is 23.7. The molecule has 7 nitrogen and oxygen atoms in total. The first-order valence-corrected chi connectivity index (χ1v) is 11.8. The number of carbonyl (C=O) groups is 3. The number of Topliss-reactive ketones (excluding diaryl/α,β-unsaturated/α-hetero) is 1. The Balaban J connectivity index is 1.56. The molecule has 0 radical (unpaired) electrons. The van der Waals surface area contributed by atoms with E-state index >= 15 is 0 Å². The molecule has 2 aliphatic rings. The van der Waals surface area contributed by atoms with Crippen molar-refractivity contribution < 1.29 is 28.2 Å². The molecule has 0 aliphatic carbocycles. The van der Waals surface area contributed by atoms with Crippen LogP contribution >= 0.6 is 0 Å². The van der Waals surface area contributed by atoms with Crippen molar-refractivity contribution in [3.63, 3.8) is 0 Å². The average molecular weight is 489 g/mol. The van der Waals surface area contributed by atoms with E-state index in [1.165, 1.54) is 18.2 Å². The maximum absolute atomic E-state index is 14.0. The van der Waals surface area contributed by atoms with Crippen LogP contribution < -0.4 is 10.5 Å². The molecule has 2 N–H and O–H groups in total. The second-order valence-electron chi connectivity index (χ2n) is 8.99. The van der Waals surface area contributed by atoms with Crippen LogP contribution in [0.5, 0.6) is 11.5 Å². The van der Waals surface area contributed by atoms with Gasteiger partial charge in [0.05, 0.1) is 12.0 Å². The summed E-state index contributed by atoms with van der Waals surface area (Å²) in [7, 11) is 0. The third kappa shape index (κ3) is 4.72. The van der Waals surface area contributed by atoms with Gasteiger partial charge in [0.2, 0.25) is 11.8 Å². The molecule has 3 atom stereocenters. The minimum Gasteiger partial charge on any atom is -0.457 e. The van der Waals surface area contributed by atoms with E-state index in [1.807, 2.05) is 18.2 Å². The summed E-state index contributed by atoms with van der Waals surface area (Å²) in [6, 6.07) is 19.1. The number of halogens is 1. The van der Waals surface area contributed by atoms with E-state index in [2.05, 4.69) is 0 Å². The van der Waals surface area contributed by atoms with E-state index in [-0.39, 0.29) is 36.4 Å². The fourth-order valence-electron chi connectivity index (χ4n) is 4.97. The molecule has 3 unspecified atom stereocenters. The Hall–Kier alpha value is -4.04.